The third-order valence-electron chi connectivity index (χ3n) is 1.05. The number of hydrogen-bond donors (Lipinski definition) is 0. The molecule has 0 fully saturated rings. The number of ketones is 2. The fraction of sp³-hybridized carbons (Fsp3) is 0.571. The van der Waals surface area contributed by atoms with Gasteiger partial charge in [0.05, 0.1) is 11.4 Å². The summed E-state index contributed by atoms with van der Waals surface area (Å²) in [6.45, 7) is 3.13. The average Bonchev–Trinajstić information content (AvgIpc) is 2.02. The first-order valence-electron chi connectivity index (χ1n) is 3.40. The number of Topliss-reactive ketones (excluding diaryl/α,β-unsaturated/α-hetero) is 2. The first kappa shape index (κ1) is 11.3. The molecule has 0 amide bonds. The summed E-state index contributed by atoms with van der Waals surface area (Å²) in [5, 5.41) is 0. The maximum absolute atomic E-state index is 10.9. The maximum Gasteiger partial charge on any atom is 0.382 e. The number of carbonyl (C=O) groups is 3. The van der Waals surface area contributed by atoms with E-state index in [4.69, 9.17) is 0 Å². The Balaban J connectivity index is 4.20. The van der Waals surface area contributed by atoms with Crippen LogP contribution < -0.4 is 0 Å². The van der Waals surface area contributed by atoms with Gasteiger partial charge < -0.3 is 4.74 Å². The Morgan fingerprint density at radius 2 is 1.92 bits per heavy atom. The van der Waals surface area contributed by atoms with Crippen LogP contribution in [0.5, 0.6) is 0 Å². The smallest absolute Gasteiger partial charge is 0.382 e. The Hall–Kier alpha value is -0.710. The molecule has 12 heavy (non-hydrogen) atoms. The molecule has 0 spiro atoms. The summed E-state index contributed by atoms with van der Waals surface area (Å²) in [6.07, 6.45) is 0. The Labute approximate surface area is 78.4 Å². The molecule has 0 aliphatic heterocycles. The van der Waals surface area contributed by atoms with Crippen molar-refractivity contribution >= 4 is 33.5 Å². The third kappa shape index (κ3) is 3.13. The van der Waals surface area contributed by atoms with Gasteiger partial charge in [0.2, 0.25) is 5.78 Å². The molecule has 5 heteroatoms. The van der Waals surface area contributed by atoms with Gasteiger partial charge in [-0.3, -0.25) is 9.59 Å². The van der Waals surface area contributed by atoms with Gasteiger partial charge in [0.1, 0.15) is 0 Å². The Morgan fingerprint density at radius 3 is 2.25 bits per heavy atom. The SMILES string of the molecule is CCOC(=O)C(=O)C(=O)C(C)Br. The molecule has 0 aromatic carbocycles. The number of carbonyl (C=O) groups excluding carboxylic acids is 3. The third-order valence-corrected chi connectivity index (χ3v) is 1.46. The molecular weight excluding hydrogens is 228 g/mol. The topological polar surface area (TPSA) is 60.4 Å². The van der Waals surface area contributed by atoms with Crippen LogP contribution >= 0.6 is 15.9 Å². The summed E-state index contributed by atoms with van der Waals surface area (Å²) in [7, 11) is 0. The van der Waals surface area contributed by atoms with Crippen LogP contribution in [0.25, 0.3) is 0 Å². The second-order valence-corrected chi connectivity index (χ2v) is 3.40. The molecule has 0 radical (unpaired) electrons. The largest absolute Gasteiger partial charge is 0.460 e. The molecule has 0 aliphatic carbocycles. The van der Waals surface area contributed by atoms with Gasteiger partial charge >= 0.3 is 11.8 Å². The lowest BCUT2D eigenvalue weighted by molar-refractivity contribution is -0.156. The van der Waals surface area contributed by atoms with E-state index < -0.39 is 22.4 Å². The van der Waals surface area contributed by atoms with Gasteiger partial charge in [-0.05, 0) is 13.8 Å². The summed E-state index contributed by atoms with van der Waals surface area (Å²) < 4.78 is 4.34. The van der Waals surface area contributed by atoms with Gasteiger partial charge in [-0.25, -0.2) is 4.79 Å². The van der Waals surface area contributed by atoms with E-state index in [0.29, 0.717) is 0 Å². The second kappa shape index (κ2) is 5.03. The molecule has 0 N–H and O–H groups in total. The van der Waals surface area contributed by atoms with E-state index in [-0.39, 0.29) is 6.61 Å². The monoisotopic (exact) mass is 236 g/mol. The standard InChI is InChI=1S/C7H9BrO4/c1-3-12-7(11)6(10)5(9)4(2)8/h4H,3H2,1-2H3. The van der Waals surface area contributed by atoms with Crippen molar-refractivity contribution in [3.8, 4) is 0 Å². The van der Waals surface area contributed by atoms with Crippen molar-refractivity contribution < 1.29 is 19.1 Å². The highest BCUT2D eigenvalue weighted by atomic mass is 79.9. The fourth-order valence-electron chi connectivity index (χ4n) is 0.478. The molecule has 1 unspecified atom stereocenters. The highest BCUT2D eigenvalue weighted by Gasteiger charge is 2.26. The van der Waals surface area contributed by atoms with E-state index in [0.717, 1.165) is 0 Å². The number of ether oxygens (including phenoxy) is 1. The van der Waals surface area contributed by atoms with E-state index in [1.807, 2.05) is 0 Å². The number of halogens is 1. The summed E-state index contributed by atoms with van der Waals surface area (Å²) in [5.74, 6) is -2.98. The minimum atomic E-state index is -1.11. The molecule has 0 aromatic heterocycles. The summed E-state index contributed by atoms with van der Waals surface area (Å²) >= 11 is 2.88. The summed E-state index contributed by atoms with van der Waals surface area (Å²) in [5.41, 5.74) is 0. The van der Waals surface area contributed by atoms with Gasteiger partial charge in [-0.15, -0.1) is 0 Å². The molecule has 4 nitrogen and oxygen atoms in total. The van der Waals surface area contributed by atoms with Crippen LogP contribution in [0.1, 0.15) is 13.8 Å². The molecule has 0 saturated carbocycles. The van der Waals surface area contributed by atoms with Crippen LogP contribution in [0.2, 0.25) is 0 Å². The van der Waals surface area contributed by atoms with Crippen molar-refractivity contribution in [2.45, 2.75) is 18.7 Å². The van der Waals surface area contributed by atoms with Crippen molar-refractivity contribution in [1.29, 1.82) is 0 Å². The molecular formula is C7H9BrO4. The maximum atomic E-state index is 10.9. The second-order valence-electron chi connectivity index (χ2n) is 2.03. The van der Waals surface area contributed by atoms with Gasteiger partial charge in [0, 0.05) is 0 Å². The summed E-state index contributed by atoms with van der Waals surface area (Å²) in [4.78, 5) is 31.7. The fourth-order valence-corrected chi connectivity index (χ4v) is 0.686. The lowest BCUT2D eigenvalue weighted by atomic mass is 10.2. The van der Waals surface area contributed by atoms with Gasteiger partial charge in [-0.2, -0.15) is 0 Å². The van der Waals surface area contributed by atoms with Crippen LogP contribution in [0, 0.1) is 0 Å². The summed E-state index contributed by atoms with van der Waals surface area (Å²) in [6, 6.07) is 0. The molecule has 0 heterocycles. The highest BCUT2D eigenvalue weighted by molar-refractivity contribution is 9.10. The predicted molar refractivity (Wildman–Crippen MR) is 45.0 cm³/mol. The normalized spacial score (nSPS) is 11.9. The molecule has 1 atom stereocenters. The van der Waals surface area contributed by atoms with Crippen molar-refractivity contribution in [1.82, 2.24) is 0 Å². The molecule has 0 aromatic rings. The van der Waals surface area contributed by atoms with Gasteiger partial charge in [-0.1, -0.05) is 15.9 Å². The lowest BCUT2D eigenvalue weighted by Crippen LogP contribution is -2.30. The Kier molecular flexibility index (Phi) is 4.73. The number of rotatable bonds is 4. The Morgan fingerprint density at radius 1 is 1.42 bits per heavy atom. The van der Waals surface area contributed by atoms with Crippen molar-refractivity contribution in [3.05, 3.63) is 0 Å². The number of alkyl halides is 1. The van der Waals surface area contributed by atoms with Gasteiger partial charge in [0.25, 0.3) is 0 Å². The van der Waals surface area contributed by atoms with Crippen LogP contribution in [-0.4, -0.2) is 29.0 Å². The molecule has 0 aliphatic rings. The molecule has 0 saturated heterocycles. The van der Waals surface area contributed by atoms with E-state index >= 15 is 0 Å². The Bertz CT molecular complexity index is 209. The van der Waals surface area contributed by atoms with Crippen molar-refractivity contribution in [2.75, 3.05) is 6.61 Å². The number of esters is 1. The van der Waals surface area contributed by atoms with E-state index in [2.05, 4.69) is 20.7 Å². The zero-order valence-corrected chi connectivity index (χ0v) is 8.38. The minimum absolute atomic E-state index is 0.0918. The first-order valence-corrected chi connectivity index (χ1v) is 4.31. The number of hydrogen-bond acceptors (Lipinski definition) is 4. The zero-order valence-electron chi connectivity index (χ0n) is 6.80. The van der Waals surface area contributed by atoms with E-state index in [1.165, 1.54) is 6.92 Å². The van der Waals surface area contributed by atoms with Gasteiger partial charge in [0.15, 0.2) is 0 Å². The highest BCUT2D eigenvalue weighted by Crippen LogP contribution is 2.00. The molecule has 0 bridgehead atoms. The van der Waals surface area contributed by atoms with Crippen LogP contribution in [0.3, 0.4) is 0 Å². The quantitative estimate of drug-likeness (QED) is 0.308. The molecule has 68 valence electrons. The van der Waals surface area contributed by atoms with E-state index in [9.17, 15) is 14.4 Å². The first-order chi connectivity index (χ1) is 5.50. The average molecular weight is 237 g/mol. The molecule has 0 rings (SSSR count). The minimum Gasteiger partial charge on any atom is -0.460 e. The zero-order chi connectivity index (χ0) is 9.72. The van der Waals surface area contributed by atoms with Crippen LogP contribution in [-0.2, 0) is 19.1 Å². The van der Waals surface area contributed by atoms with Crippen LogP contribution in [0.15, 0.2) is 0 Å². The lowest BCUT2D eigenvalue weighted by Gasteiger charge is -2.00. The van der Waals surface area contributed by atoms with E-state index in [1.54, 1.807) is 6.92 Å². The van der Waals surface area contributed by atoms with Crippen LogP contribution in [0.4, 0.5) is 0 Å². The van der Waals surface area contributed by atoms with Crippen molar-refractivity contribution in [3.63, 3.8) is 0 Å². The predicted octanol–water partition coefficient (Wildman–Crippen LogP) is 0.471. The van der Waals surface area contributed by atoms with Crippen molar-refractivity contribution in [2.24, 2.45) is 0 Å².